The highest BCUT2D eigenvalue weighted by molar-refractivity contribution is 5.94. The predicted octanol–water partition coefficient (Wildman–Crippen LogP) is 5.90. The summed E-state index contributed by atoms with van der Waals surface area (Å²) in [6.07, 6.45) is 2.92. The summed E-state index contributed by atoms with van der Waals surface area (Å²) in [5, 5.41) is 6.05. The van der Waals surface area contributed by atoms with Gasteiger partial charge in [0, 0.05) is 36.8 Å². The number of urea groups is 1. The minimum atomic E-state index is -0.0794. The van der Waals surface area contributed by atoms with Crippen molar-refractivity contribution in [3.05, 3.63) is 101 Å². The number of rotatable bonds is 6. The quantitative estimate of drug-likeness (QED) is 0.486. The predicted molar refractivity (Wildman–Crippen MR) is 137 cm³/mol. The third-order valence-electron chi connectivity index (χ3n) is 6.48. The van der Waals surface area contributed by atoms with Gasteiger partial charge in [-0.25, -0.2) is 4.79 Å². The molecule has 0 aliphatic carbocycles. The van der Waals surface area contributed by atoms with Gasteiger partial charge in [-0.05, 0) is 67.1 Å². The molecule has 0 aromatic heterocycles. The fraction of sp³-hybridized carbons (Fsp3) is 0.310. The van der Waals surface area contributed by atoms with Crippen LogP contribution in [0.3, 0.4) is 0 Å². The van der Waals surface area contributed by atoms with Crippen LogP contribution in [0.1, 0.15) is 58.3 Å². The van der Waals surface area contributed by atoms with Gasteiger partial charge in [-0.15, -0.1) is 0 Å². The van der Waals surface area contributed by atoms with Crippen LogP contribution in [0, 0.1) is 6.92 Å². The number of hydrogen-bond donors (Lipinski definition) is 2. The number of aryl methyl sites for hydroxylation is 2. The Morgan fingerprint density at radius 1 is 0.971 bits per heavy atom. The van der Waals surface area contributed by atoms with E-state index in [0.717, 1.165) is 42.6 Å². The minimum absolute atomic E-state index is 0.0685. The number of likely N-dealkylation sites (tertiary alicyclic amines) is 1. The van der Waals surface area contributed by atoms with Crippen molar-refractivity contribution in [3.8, 4) is 0 Å². The molecule has 1 fully saturated rings. The molecule has 3 aromatic rings. The molecule has 0 spiro atoms. The van der Waals surface area contributed by atoms with E-state index in [1.54, 1.807) is 0 Å². The molecular weight excluding hydrogens is 422 g/mol. The standard InChI is InChI=1S/C29H33N3O2/c1-3-22-12-14-27(15-13-22)31-29(34)32-16-6-11-26(20-32)24-9-5-10-25(18-24)28(33)30-19-23-8-4-7-21(2)17-23/h4-5,7-10,12-15,17-18,26H,3,6,11,16,19-20H2,1-2H3,(H,30,33)(H,31,34)/t26-/m0/s1. The van der Waals surface area contributed by atoms with Gasteiger partial charge in [0.1, 0.15) is 0 Å². The number of amides is 3. The van der Waals surface area contributed by atoms with E-state index in [4.69, 9.17) is 0 Å². The van der Waals surface area contributed by atoms with Gasteiger partial charge in [0.05, 0.1) is 0 Å². The molecule has 1 aliphatic rings. The molecule has 34 heavy (non-hydrogen) atoms. The summed E-state index contributed by atoms with van der Waals surface area (Å²) in [7, 11) is 0. The lowest BCUT2D eigenvalue weighted by atomic mass is 9.89. The van der Waals surface area contributed by atoms with Crippen LogP contribution in [-0.2, 0) is 13.0 Å². The summed E-state index contributed by atoms with van der Waals surface area (Å²) in [4.78, 5) is 27.5. The van der Waals surface area contributed by atoms with Crippen molar-refractivity contribution in [1.29, 1.82) is 0 Å². The number of nitrogens with zero attached hydrogens (tertiary/aromatic N) is 1. The van der Waals surface area contributed by atoms with Crippen LogP contribution in [-0.4, -0.2) is 29.9 Å². The highest BCUT2D eigenvalue weighted by atomic mass is 16.2. The number of hydrogen-bond acceptors (Lipinski definition) is 2. The molecule has 5 heteroatoms. The van der Waals surface area contributed by atoms with Crippen molar-refractivity contribution in [3.63, 3.8) is 0 Å². The molecule has 2 N–H and O–H groups in total. The number of piperidine rings is 1. The van der Waals surface area contributed by atoms with Gasteiger partial charge < -0.3 is 15.5 Å². The van der Waals surface area contributed by atoms with Crippen LogP contribution < -0.4 is 10.6 Å². The molecule has 1 saturated heterocycles. The van der Waals surface area contributed by atoms with E-state index in [1.807, 2.05) is 72.5 Å². The van der Waals surface area contributed by atoms with Crippen LogP contribution in [0.15, 0.2) is 72.8 Å². The van der Waals surface area contributed by atoms with E-state index in [1.165, 1.54) is 11.1 Å². The molecule has 4 rings (SSSR count). The van der Waals surface area contributed by atoms with Crippen molar-refractivity contribution in [2.45, 2.75) is 45.6 Å². The van der Waals surface area contributed by atoms with Crippen molar-refractivity contribution < 1.29 is 9.59 Å². The second-order valence-electron chi connectivity index (χ2n) is 9.06. The van der Waals surface area contributed by atoms with Crippen LogP contribution >= 0.6 is 0 Å². The molecular formula is C29H33N3O2. The lowest BCUT2D eigenvalue weighted by Gasteiger charge is -2.33. The van der Waals surface area contributed by atoms with Gasteiger partial charge >= 0.3 is 6.03 Å². The lowest BCUT2D eigenvalue weighted by Crippen LogP contribution is -2.41. The highest BCUT2D eigenvalue weighted by Crippen LogP contribution is 2.28. The topological polar surface area (TPSA) is 61.4 Å². The van der Waals surface area contributed by atoms with E-state index in [-0.39, 0.29) is 17.9 Å². The highest BCUT2D eigenvalue weighted by Gasteiger charge is 2.25. The number of carbonyl (C=O) groups excluding carboxylic acids is 2. The molecule has 0 unspecified atom stereocenters. The molecule has 5 nitrogen and oxygen atoms in total. The third kappa shape index (κ3) is 6.04. The van der Waals surface area contributed by atoms with Crippen LogP contribution in [0.2, 0.25) is 0 Å². The maximum Gasteiger partial charge on any atom is 0.321 e. The van der Waals surface area contributed by atoms with Crippen LogP contribution in [0.5, 0.6) is 0 Å². The van der Waals surface area contributed by atoms with Gasteiger partial charge in [-0.3, -0.25) is 4.79 Å². The van der Waals surface area contributed by atoms with E-state index < -0.39 is 0 Å². The Bertz CT molecular complexity index is 1140. The van der Waals surface area contributed by atoms with E-state index in [2.05, 4.69) is 29.7 Å². The Kier molecular flexibility index (Phi) is 7.63. The summed E-state index contributed by atoms with van der Waals surface area (Å²) in [5.41, 5.74) is 6.09. The molecule has 0 saturated carbocycles. The minimum Gasteiger partial charge on any atom is -0.348 e. The Morgan fingerprint density at radius 3 is 2.53 bits per heavy atom. The molecule has 3 aromatic carbocycles. The molecule has 1 atom stereocenters. The summed E-state index contributed by atoms with van der Waals surface area (Å²) in [6, 6.07) is 23.9. The van der Waals surface area contributed by atoms with E-state index >= 15 is 0 Å². The zero-order valence-electron chi connectivity index (χ0n) is 20.0. The normalized spacial score (nSPS) is 15.6. The first-order valence-electron chi connectivity index (χ1n) is 12.1. The summed E-state index contributed by atoms with van der Waals surface area (Å²) >= 11 is 0. The number of carbonyl (C=O) groups is 2. The number of benzene rings is 3. The average Bonchev–Trinajstić information content (AvgIpc) is 2.88. The van der Waals surface area contributed by atoms with Gasteiger partial charge in [0.25, 0.3) is 5.91 Å². The maximum atomic E-state index is 12.9. The van der Waals surface area contributed by atoms with Gasteiger partial charge in [-0.1, -0.05) is 61.0 Å². The monoisotopic (exact) mass is 455 g/mol. The Morgan fingerprint density at radius 2 is 1.76 bits per heavy atom. The largest absolute Gasteiger partial charge is 0.348 e. The van der Waals surface area contributed by atoms with Gasteiger partial charge in [0.15, 0.2) is 0 Å². The molecule has 3 amide bonds. The number of anilines is 1. The molecule has 1 heterocycles. The molecule has 0 radical (unpaired) electrons. The van der Waals surface area contributed by atoms with E-state index in [0.29, 0.717) is 18.7 Å². The smallest absolute Gasteiger partial charge is 0.321 e. The second kappa shape index (κ2) is 11.0. The zero-order valence-corrected chi connectivity index (χ0v) is 20.0. The fourth-order valence-corrected chi connectivity index (χ4v) is 4.50. The first-order chi connectivity index (χ1) is 16.5. The van der Waals surface area contributed by atoms with Gasteiger partial charge in [0.2, 0.25) is 0 Å². The second-order valence-corrected chi connectivity index (χ2v) is 9.06. The Balaban J connectivity index is 1.37. The van der Waals surface area contributed by atoms with Crippen LogP contribution in [0.4, 0.5) is 10.5 Å². The molecule has 176 valence electrons. The maximum absolute atomic E-state index is 12.9. The molecule has 1 aliphatic heterocycles. The SMILES string of the molecule is CCc1ccc(NC(=O)N2CCC[C@H](c3cccc(C(=O)NCc4cccc(C)c4)c3)C2)cc1. The average molecular weight is 456 g/mol. The first kappa shape index (κ1) is 23.6. The van der Waals surface area contributed by atoms with E-state index in [9.17, 15) is 9.59 Å². The summed E-state index contributed by atoms with van der Waals surface area (Å²) < 4.78 is 0. The first-order valence-corrected chi connectivity index (χ1v) is 12.1. The van der Waals surface area contributed by atoms with Crippen molar-refractivity contribution in [2.24, 2.45) is 0 Å². The van der Waals surface area contributed by atoms with Crippen LogP contribution in [0.25, 0.3) is 0 Å². The zero-order chi connectivity index (χ0) is 23.9. The van der Waals surface area contributed by atoms with Crippen molar-refractivity contribution >= 4 is 17.6 Å². The van der Waals surface area contributed by atoms with Gasteiger partial charge in [-0.2, -0.15) is 0 Å². The Labute approximate surface area is 202 Å². The fourth-order valence-electron chi connectivity index (χ4n) is 4.50. The van der Waals surface area contributed by atoms with Crippen molar-refractivity contribution in [2.75, 3.05) is 18.4 Å². The summed E-state index contributed by atoms with van der Waals surface area (Å²) in [5.74, 6) is 0.135. The third-order valence-corrected chi connectivity index (χ3v) is 6.48. The van der Waals surface area contributed by atoms with Crippen molar-refractivity contribution in [1.82, 2.24) is 10.2 Å². The summed E-state index contributed by atoms with van der Waals surface area (Å²) in [6.45, 7) is 6.05. The number of nitrogens with one attached hydrogen (secondary N) is 2. The Hall–Kier alpha value is -3.60. The molecule has 0 bridgehead atoms. The lowest BCUT2D eigenvalue weighted by molar-refractivity contribution is 0.0950.